The van der Waals surface area contributed by atoms with Gasteiger partial charge >= 0.3 is 0 Å². The third kappa shape index (κ3) is 3.48. The van der Waals surface area contributed by atoms with E-state index in [1.165, 1.54) is 11.8 Å². The van der Waals surface area contributed by atoms with Crippen LogP contribution in [0.25, 0.3) is 0 Å². The number of nitrogen functional groups attached to an aromatic ring is 1. The van der Waals surface area contributed by atoms with E-state index >= 15 is 0 Å². The van der Waals surface area contributed by atoms with Crippen molar-refractivity contribution in [2.75, 3.05) is 12.3 Å². The summed E-state index contributed by atoms with van der Waals surface area (Å²) in [4.78, 5) is 15.6. The van der Waals surface area contributed by atoms with Crippen molar-refractivity contribution in [3.63, 3.8) is 0 Å². The SMILES string of the molecule is C#CCNC(=O)C(C)Sc1ncccc1N. The van der Waals surface area contributed by atoms with Crippen molar-refractivity contribution in [1.29, 1.82) is 0 Å². The van der Waals surface area contributed by atoms with Gasteiger partial charge in [-0.05, 0) is 19.1 Å². The lowest BCUT2D eigenvalue weighted by Gasteiger charge is -2.10. The number of hydrogen-bond donors (Lipinski definition) is 2. The van der Waals surface area contributed by atoms with Crippen LogP contribution in [0.3, 0.4) is 0 Å². The first-order chi connectivity index (χ1) is 7.65. The molecule has 0 aliphatic rings. The molecule has 0 saturated carbocycles. The molecule has 5 heteroatoms. The molecule has 0 aliphatic carbocycles. The van der Waals surface area contributed by atoms with E-state index in [1.54, 1.807) is 25.3 Å². The van der Waals surface area contributed by atoms with Crippen molar-refractivity contribution in [3.05, 3.63) is 18.3 Å². The number of nitrogens with zero attached hydrogens (tertiary/aromatic N) is 1. The number of thioether (sulfide) groups is 1. The highest BCUT2D eigenvalue weighted by atomic mass is 32.2. The highest BCUT2D eigenvalue weighted by molar-refractivity contribution is 8.00. The normalized spacial score (nSPS) is 11.5. The van der Waals surface area contributed by atoms with Crippen LogP contribution in [-0.2, 0) is 4.79 Å². The fraction of sp³-hybridized carbons (Fsp3) is 0.273. The molecule has 0 aliphatic heterocycles. The number of rotatable bonds is 4. The van der Waals surface area contributed by atoms with Gasteiger partial charge in [0, 0.05) is 6.20 Å². The molecule has 1 rings (SSSR count). The second-order valence-electron chi connectivity index (χ2n) is 3.08. The Labute approximate surface area is 99.0 Å². The van der Waals surface area contributed by atoms with Crippen LogP contribution in [0.15, 0.2) is 23.4 Å². The number of terminal acetylenes is 1. The molecule has 4 nitrogen and oxygen atoms in total. The Morgan fingerprint density at radius 3 is 3.19 bits per heavy atom. The second-order valence-corrected chi connectivity index (χ2v) is 4.41. The minimum atomic E-state index is -0.273. The molecule has 0 spiro atoms. The molecule has 1 aromatic heterocycles. The maximum atomic E-state index is 11.5. The van der Waals surface area contributed by atoms with Crippen LogP contribution in [0.2, 0.25) is 0 Å². The summed E-state index contributed by atoms with van der Waals surface area (Å²) in [5.41, 5.74) is 6.29. The van der Waals surface area contributed by atoms with E-state index in [9.17, 15) is 4.79 Å². The molecular weight excluding hydrogens is 222 g/mol. The minimum Gasteiger partial charge on any atom is -0.397 e. The lowest BCUT2D eigenvalue weighted by atomic mass is 10.4. The smallest absolute Gasteiger partial charge is 0.234 e. The summed E-state index contributed by atoms with van der Waals surface area (Å²) in [6.45, 7) is 2.02. The lowest BCUT2D eigenvalue weighted by Crippen LogP contribution is -2.31. The largest absolute Gasteiger partial charge is 0.397 e. The summed E-state index contributed by atoms with van der Waals surface area (Å²) in [5.74, 6) is 2.23. The van der Waals surface area contributed by atoms with Crippen LogP contribution in [0.5, 0.6) is 0 Å². The number of nitrogens with one attached hydrogen (secondary N) is 1. The quantitative estimate of drug-likeness (QED) is 0.601. The molecule has 0 aromatic carbocycles. The first-order valence-electron chi connectivity index (χ1n) is 4.73. The van der Waals surface area contributed by atoms with Gasteiger partial charge < -0.3 is 11.1 Å². The number of nitrogens with two attached hydrogens (primary N) is 1. The highest BCUT2D eigenvalue weighted by Gasteiger charge is 2.15. The van der Waals surface area contributed by atoms with Crippen LogP contribution < -0.4 is 11.1 Å². The van der Waals surface area contributed by atoms with E-state index < -0.39 is 0 Å². The molecule has 84 valence electrons. The van der Waals surface area contributed by atoms with Gasteiger partial charge in [-0.25, -0.2) is 4.98 Å². The highest BCUT2D eigenvalue weighted by Crippen LogP contribution is 2.25. The zero-order chi connectivity index (χ0) is 12.0. The Hall–Kier alpha value is -1.67. The fourth-order valence-corrected chi connectivity index (χ4v) is 1.86. The summed E-state index contributed by atoms with van der Waals surface area (Å²) >= 11 is 1.31. The van der Waals surface area contributed by atoms with Crippen molar-refractivity contribution in [3.8, 4) is 12.3 Å². The maximum Gasteiger partial charge on any atom is 0.234 e. The average Bonchev–Trinajstić information content (AvgIpc) is 2.28. The molecule has 0 bridgehead atoms. The molecule has 0 saturated heterocycles. The average molecular weight is 235 g/mol. The molecule has 1 unspecified atom stereocenters. The Morgan fingerprint density at radius 1 is 1.81 bits per heavy atom. The molecule has 16 heavy (non-hydrogen) atoms. The van der Waals surface area contributed by atoms with Gasteiger partial charge in [0.05, 0.1) is 17.5 Å². The summed E-state index contributed by atoms with van der Waals surface area (Å²) in [7, 11) is 0. The fourth-order valence-electron chi connectivity index (χ4n) is 1.00. The Bertz CT molecular complexity index is 414. The van der Waals surface area contributed by atoms with Gasteiger partial charge in [-0.2, -0.15) is 0 Å². The first-order valence-corrected chi connectivity index (χ1v) is 5.61. The molecule has 1 atom stereocenters. The molecule has 1 heterocycles. The van der Waals surface area contributed by atoms with E-state index in [1.807, 2.05) is 0 Å². The number of amides is 1. The maximum absolute atomic E-state index is 11.5. The molecule has 3 N–H and O–H groups in total. The van der Waals surface area contributed by atoms with Crippen molar-refractivity contribution in [2.45, 2.75) is 17.2 Å². The monoisotopic (exact) mass is 235 g/mol. The topological polar surface area (TPSA) is 68.0 Å². The second kappa shape index (κ2) is 6.03. The molecular formula is C11H13N3OS. The Morgan fingerprint density at radius 2 is 2.56 bits per heavy atom. The number of hydrogen-bond acceptors (Lipinski definition) is 4. The van der Waals surface area contributed by atoms with Crippen LogP contribution in [0.4, 0.5) is 5.69 Å². The standard InChI is InChI=1S/C11H13N3OS/c1-3-6-13-10(15)8(2)16-11-9(12)5-4-7-14-11/h1,4-5,7-8H,6,12H2,2H3,(H,13,15). The molecule has 0 radical (unpaired) electrons. The third-order valence-corrected chi connectivity index (χ3v) is 2.95. The van der Waals surface area contributed by atoms with Crippen molar-refractivity contribution in [1.82, 2.24) is 10.3 Å². The van der Waals surface area contributed by atoms with Crippen LogP contribution in [0.1, 0.15) is 6.92 Å². The zero-order valence-corrected chi connectivity index (χ0v) is 9.75. The predicted octanol–water partition coefficient (Wildman–Crippen LogP) is 0.894. The minimum absolute atomic E-state index is 0.118. The molecule has 1 amide bonds. The van der Waals surface area contributed by atoms with Crippen molar-refractivity contribution < 1.29 is 4.79 Å². The van der Waals surface area contributed by atoms with Crippen LogP contribution in [0, 0.1) is 12.3 Å². The van der Waals surface area contributed by atoms with E-state index in [4.69, 9.17) is 12.2 Å². The lowest BCUT2D eigenvalue weighted by molar-refractivity contribution is -0.120. The van der Waals surface area contributed by atoms with Gasteiger partial charge in [-0.1, -0.05) is 17.7 Å². The molecule has 1 aromatic rings. The van der Waals surface area contributed by atoms with Crippen LogP contribution >= 0.6 is 11.8 Å². The van der Waals surface area contributed by atoms with E-state index in [2.05, 4.69) is 16.2 Å². The summed E-state index contributed by atoms with van der Waals surface area (Å²) in [5, 5.41) is 2.99. The molecule has 0 fully saturated rings. The number of carbonyl (C=O) groups is 1. The van der Waals surface area contributed by atoms with Crippen molar-refractivity contribution >= 4 is 23.4 Å². The summed E-state index contributed by atoms with van der Waals surface area (Å²) in [6, 6.07) is 3.50. The van der Waals surface area contributed by atoms with E-state index in [0.29, 0.717) is 10.7 Å². The predicted molar refractivity (Wildman–Crippen MR) is 65.8 cm³/mol. The van der Waals surface area contributed by atoms with Gasteiger partial charge in [-0.3, -0.25) is 4.79 Å². The number of aromatic nitrogens is 1. The van der Waals surface area contributed by atoms with Gasteiger partial charge in [0.2, 0.25) is 5.91 Å². The van der Waals surface area contributed by atoms with E-state index in [-0.39, 0.29) is 17.7 Å². The first kappa shape index (κ1) is 12.4. The van der Waals surface area contributed by atoms with Gasteiger partial charge in [0.1, 0.15) is 5.03 Å². The zero-order valence-electron chi connectivity index (χ0n) is 8.93. The number of anilines is 1. The van der Waals surface area contributed by atoms with Crippen LogP contribution in [-0.4, -0.2) is 22.7 Å². The van der Waals surface area contributed by atoms with Crippen molar-refractivity contribution in [2.24, 2.45) is 0 Å². The Kier molecular flexibility index (Phi) is 4.67. The third-order valence-electron chi connectivity index (χ3n) is 1.82. The Balaban J connectivity index is 2.58. The summed E-state index contributed by atoms with van der Waals surface area (Å²) in [6.07, 6.45) is 6.69. The van der Waals surface area contributed by atoms with Gasteiger partial charge in [-0.15, -0.1) is 6.42 Å². The van der Waals surface area contributed by atoms with E-state index in [0.717, 1.165) is 0 Å². The number of carbonyl (C=O) groups excluding carboxylic acids is 1. The van der Waals surface area contributed by atoms with Gasteiger partial charge in [0.25, 0.3) is 0 Å². The van der Waals surface area contributed by atoms with Gasteiger partial charge in [0.15, 0.2) is 0 Å². The number of pyridine rings is 1. The summed E-state index contributed by atoms with van der Waals surface area (Å²) < 4.78 is 0.